The second-order valence-corrected chi connectivity index (χ2v) is 4.76. The summed E-state index contributed by atoms with van der Waals surface area (Å²) in [6.45, 7) is 0.487. The molecule has 3 nitrogen and oxygen atoms in total. The Morgan fingerprint density at radius 3 is 2.88 bits per heavy atom. The maximum absolute atomic E-state index is 11.8. The van der Waals surface area contributed by atoms with Gasteiger partial charge in [0.2, 0.25) is 5.91 Å². The first-order chi connectivity index (χ1) is 8.15. The molecule has 0 radical (unpaired) electrons. The molecule has 1 aliphatic rings. The number of nitriles is 1. The largest absolute Gasteiger partial charge is 0.310 e. The first-order valence-electron chi connectivity index (χ1n) is 5.12. The van der Waals surface area contributed by atoms with E-state index in [1.807, 2.05) is 0 Å². The Morgan fingerprint density at radius 2 is 2.29 bits per heavy atom. The highest BCUT2D eigenvalue weighted by Gasteiger charge is 2.30. The third-order valence-electron chi connectivity index (χ3n) is 2.73. The Bertz CT molecular complexity index is 554. The molecule has 1 amide bonds. The van der Waals surface area contributed by atoms with Gasteiger partial charge >= 0.3 is 0 Å². The van der Waals surface area contributed by atoms with Crippen molar-refractivity contribution in [1.29, 1.82) is 5.26 Å². The van der Waals surface area contributed by atoms with Gasteiger partial charge in [-0.1, -0.05) is 15.9 Å². The summed E-state index contributed by atoms with van der Waals surface area (Å²) in [5.41, 5.74) is 1.11. The van der Waals surface area contributed by atoms with Crippen molar-refractivity contribution in [1.82, 2.24) is 0 Å². The fraction of sp³-hybridized carbons (Fsp3) is 0.231. The summed E-state index contributed by atoms with van der Waals surface area (Å²) in [6, 6.07) is 7.33. The molecule has 0 N–H and O–H groups in total. The number of terminal acetylenes is 1. The van der Waals surface area contributed by atoms with E-state index >= 15 is 0 Å². The summed E-state index contributed by atoms with van der Waals surface area (Å²) in [5, 5.41) is 9.04. The number of benzene rings is 1. The van der Waals surface area contributed by atoms with E-state index in [1.165, 1.54) is 0 Å². The van der Waals surface area contributed by atoms with Gasteiger partial charge in [-0.15, -0.1) is 12.3 Å². The van der Waals surface area contributed by atoms with Crippen molar-refractivity contribution in [3.05, 3.63) is 28.2 Å². The number of rotatable bonds is 1. The van der Waals surface area contributed by atoms with Crippen LogP contribution in [0.3, 0.4) is 0 Å². The van der Waals surface area contributed by atoms with Gasteiger partial charge in [-0.3, -0.25) is 4.79 Å². The van der Waals surface area contributed by atoms with Crippen LogP contribution in [0, 0.1) is 29.6 Å². The van der Waals surface area contributed by atoms with Crippen LogP contribution in [-0.2, 0) is 4.79 Å². The minimum atomic E-state index is -0.0620. The van der Waals surface area contributed by atoms with Gasteiger partial charge in [-0.25, -0.2) is 0 Å². The number of halogens is 1. The number of carbonyl (C=O) groups excluding carboxylic acids is 1. The van der Waals surface area contributed by atoms with Gasteiger partial charge in [0, 0.05) is 23.4 Å². The minimum Gasteiger partial charge on any atom is -0.310 e. The monoisotopic (exact) mass is 288 g/mol. The van der Waals surface area contributed by atoms with Gasteiger partial charge in [0.1, 0.15) is 6.07 Å². The number of hydrogen-bond acceptors (Lipinski definition) is 2. The molecule has 0 aliphatic carbocycles. The summed E-state index contributed by atoms with van der Waals surface area (Å²) in [5.74, 6) is 2.50. The Hall–Kier alpha value is -1.78. The maximum Gasteiger partial charge on any atom is 0.228 e. The summed E-state index contributed by atoms with van der Waals surface area (Å²) in [7, 11) is 0. The van der Waals surface area contributed by atoms with Crippen molar-refractivity contribution >= 4 is 27.5 Å². The molecule has 1 aromatic carbocycles. The molecule has 84 valence electrons. The normalized spacial score (nSPS) is 18.9. The van der Waals surface area contributed by atoms with E-state index in [1.54, 1.807) is 23.1 Å². The van der Waals surface area contributed by atoms with E-state index < -0.39 is 0 Å². The molecule has 2 rings (SSSR count). The Kier molecular flexibility index (Phi) is 3.17. The van der Waals surface area contributed by atoms with E-state index in [9.17, 15) is 4.79 Å². The number of nitrogens with zero attached hydrogens (tertiary/aromatic N) is 2. The van der Waals surface area contributed by atoms with Gasteiger partial charge in [-0.05, 0) is 18.2 Å². The maximum atomic E-state index is 11.8. The lowest BCUT2D eigenvalue weighted by Gasteiger charge is -2.17. The van der Waals surface area contributed by atoms with E-state index in [0.717, 1.165) is 4.47 Å². The quantitative estimate of drug-likeness (QED) is 0.745. The molecule has 1 aliphatic heterocycles. The van der Waals surface area contributed by atoms with E-state index in [-0.39, 0.29) is 11.8 Å². The van der Waals surface area contributed by atoms with Crippen LogP contribution < -0.4 is 4.90 Å². The lowest BCUT2D eigenvalue weighted by Crippen LogP contribution is -2.25. The van der Waals surface area contributed by atoms with Crippen molar-refractivity contribution in [2.75, 3.05) is 11.4 Å². The lowest BCUT2D eigenvalue weighted by molar-refractivity contribution is -0.117. The van der Waals surface area contributed by atoms with Crippen LogP contribution in [-0.4, -0.2) is 12.5 Å². The fourth-order valence-electron chi connectivity index (χ4n) is 1.87. The number of carbonyl (C=O) groups is 1. The van der Waals surface area contributed by atoms with Crippen LogP contribution in [0.1, 0.15) is 12.0 Å². The van der Waals surface area contributed by atoms with E-state index in [4.69, 9.17) is 11.7 Å². The molecular weight excluding hydrogens is 280 g/mol. The average molecular weight is 289 g/mol. The predicted molar refractivity (Wildman–Crippen MR) is 68.2 cm³/mol. The van der Waals surface area contributed by atoms with Crippen LogP contribution in [0.25, 0.3) is 0 Å². The predicted octanol–water partition coefficient (Wildman–Crippen LogP) is 2.31. The van der Waals surface area contributed by atoms with Gasteiger partial charge in [0.15, 0.2) is 0 Å². The molecule has 0 saturated carbocycles. The second kappa shape index (κ2) is 4.61. The van der Waals surface area contributed by atoms with Crippen LogP contribution in [0.5, 0.6) is 0 Å². The molecule has 0 aromatic heterocycles. The molecule has 17 heavy (non-hydrogen) atoms. The fourth-order valence-corrected chi connectivity index (χ4v) is 2.22. The van der Waals surface area contributed by atoms with Crippen molar-refractivity contribution in [2.45, 2.75) is 6.42 Å². The van der Waals surface area contributed by atoms with E-state index in [2.05, 4.69) is 27.9 Å². The van der Waals surface area contributed by atoms with Crippen LogP contribution >= 0.6 is 15.9 Å². The van der Waals surface area contributed by atoms with Gasteiger partial charge in [0.25, 0.3) is 0 Å². The molecule has 1 atom stereocenters. The van der Waals surface area contributed by atoms with Crippen LogP contribution in [0.4, 0.5) is 5.69 Å². The highest BCUT2D eigenvalue weighted by Crippen LogP contribution is 2.30. The lowest BCUT2D eigenvalue weighted by atomic mass is 10.1. The molecule has 1 unspecified atom stereocenters. The zero-order valence-corrected chi connectivity index (χ0v) is 10.6. The molecule has 0 bridgehead atoms. The van der Waals surface area contributed by atoms with Crippen molar-refractivity contribution in [3.8, 4) is 18.4 Å². The SMILES string of the molecule is C#CC1CC(=O)N(c2cc(Br)ccc2C#N)C1. The molecular formula is C13H9BrN2O. The number of anilines is 1. The standard InChI is InChI=1S/C13H9BrN2O/c1-2-9-5-13(17)16(8-9)12-6-11(14)4-3-10(12)7-15/h1,3-4,6,9H,5,8H2. The van der Waals surface area contributed by atoms with Gasteiger partial charge in [-0.2, -0.15) is 5.26 Å². The van der Waals surface area contributed by atoms with Crippen molar-refractivity contribution in [2.24, 2.45) is 5.92 Å². The van der Waals surface area contributed by atoms with Crippen molar-refractivity contribution in [3.63, 3.8) is 0 Å². The highest BCUT2D eigenvalue weighted by atomic mass is 79.9. The van der Waals surface area contributed by atoms with Crippen LogP contribution in [0.15, 0.2) is 22.7 Å². The van der Waals surface area contributed by atoms with Gasteiger partial charge in [0.05, 0.1) is 11.3 Å². The molecule has 1 aromatic rings. The first-order valence-corrected chi connectivity index (χ1v) is 5.91. The van der Waals surface area contributed by atoms with Crippen molar-refractivity contribution < 1.29 is 4.79 Å². The Morgan fingerprint density at radius 1 is 1.53 bits per heavy atom. The smallest absolute Gasteiger partial charge is 0.228 e. The molecule has 1 fully saturated rings. The van der Waals surface area contributed by atoms with E-state index in [0.29, 0.717) is 24.2 Å². The number of amides is 1. The summed E-state index contributed by atoms with van der Waals surface area (Å²) in [6.07, 6.45) is 5.69. The zero-order chi connectivity index (χ0) is 12.4. The Balaban J connectivity index is 2.42. The molecule has 0 spiro atoms. The van der Waals surface area contributed by atoms with Gasteiger partial charge < -0.3 is 4.90 Å². The highest BCUT2D eigenvalue weighted by molar-refractivity contribution is 9.10. The third-order valence-corrected chi connectivity index (χ3v) is 3.23. The molecule has 4 heteroatoms. The summed E-state index contributed by atoms with van der Waals surface area (Å²) < 4.78 is 0.837. The molecule has 1 saturated heterocycles. The summed E-state index contributed by atoms with van der Waals surface area (Å²) >= 11 is 3.34. The topological polar surface area (TPSA) is 44.1 Å². The Labute approximate surface area is 108 Å². The number of hydrogen-bond donors (Lipinski definition) is 0. The zero-order valence-electron chi connectivity index (χ0n) is 8.98. The minimum absolute atomic E-state index is 0.0254. The third kappa shape index (κ3) is 2.18. The van der Waals surface area contributed by atoms with Crippen LogP contribution in [0.2, 0.25) is 0 Å². The first kappa shape index (κ1) is 11.7. The molecule has 1 heterocycles. The summed E-state index contributed by atoms with van der Waals surface area (Å²) in [4.78, 5) is 13.4. The average Bonchev–Trinajstić information content (AvgIpc) is 2.70. The second-order valence-electron chi connectivity index (χ2n) is 3.85.